The molecule has 28 heavy (non-hydrogen) atoms. The number of nitrogens with two attached hydrogens (primary N) is 1. The van der Waals surface area contributed by atoms with E-state index in [1.165, 1.54) is 18.4 Å². The van der Waals surface area contributed by atoms with E-state index >= 15 is 0 Å². The summed E-state index contributed by atoms with van der Waals surface area (Å²) in [5, 5.41) is 0. The van der Waals surface area contributed by atoms with Gasteiger partial charge in [-0.15, -0.1) is 0 Å². The predicted octanol–water partition coefficient (Wildman–Crippen LogP) is 4.00. The number of fused-ring (bicyclic) bond motifs is 1. The topological polar surface area (TPSA) is 57.8 Å². The molecule has 2 aromatic rings. The summed E-state index contributed by atoms with van der Waals surface area (Å²) in [6.07, 6.45) is -0.422. The Morgan fingerprint density at radius 3 is 2.46 bits per heavy atom. The number of pyridine rings is 1. The first kappa shape index (κ1) is 18.7. The molecule has 8 heteroatoms. The Balaban J connectivity index is 1.58. The molecule has 0 saturated carbocycles. The van der Waals surface area contributed by atoms with E-state index in [2.05, 4.69) is 27.0 Å². The zero-order valence-electron chi connectivity index (χ0n) is 15.4. The maximum absolute atomic E-state index is 13.2. The maximum Gasteiger partial charge on any atom is 0.433 e. The van der Waals surface area contributed by atoms with Crippen LogP contribution in [0.1, 0.15) is 29.7 Å². The second-order valence-electron chi connectivity index (χ2n) is 7.25. The molecular formula is C20H22F3N5. The van der Waals surface area contributed by atoms with Crippen molar-refractivity contribution in [2.75, 3.05) is 30.3 Å². The van der Waals surface area contributed by atoms with Crippen molar-refractivity contribution >= 4 is 23.4 Å². The van der Waals surface area contributed by atoms with Gasteiger partial charge in [0.25, 0.3) is 0 Å². The van der Waals surface area contributed by atoms with E-state index in [-0.39, 0.29) is 5.82 Å². The number of likely N-dealkylation sites (tertiary alicyclic amines) is 1. The molecule has 2 aliphatic heterocycles. The number of hydrogen-bond donors (Lipinski definition) is 1. The average Bonchev–Trinajstić information content (AvgIpc) is 3.15. The maximum atomic E-state index is 13.2. The molecule has 0 aliphatic carbocycles. The highest BCUT2D eigenvalue weighted by atomic mass is 19.4. The molecule has 1 aromatic heterocycles. The van der Waals surface area contributed by atoms with Crippen LogP contribution in [0.3, 0.4) is 0 Å². The van der Waals surface area contributed by atoms with Crippen LogP contribution in [0.25, 0.3) is 0 Å². The molecular weight excluding hydrogens is 367 g/mol. The minimum Gasteiger partial charge on any atom is -0.382 e. The molecule has 1 aromatic carbocycles. The molecule has 0 radical (unpaired) electrons. The van der Waals surface area contributed by atoms with Crippen molar-refractivity contribution in [3.8, 4) is 0 Å². The second kappa shape index (κ2) is 7.43. The molecule has 0 atom stereocenters. The van der Waals surface area contributed by atoms with E-state index in [1.54, 1.807) is 6.21 Å². The number of nitrogen functional groups attached to an aromatic ring is 1. The first-order chi connectivity index (χ1) is 13.4. The van der Waals surface area contributed by atoms with Gasteiger partial charge in [-0.3, -0.25) is 9.89 Å². The lowest BCUT2D eigenvalue weighted by molar-refractivity contribution is -0.141. The third-order valence-corrected chi connectivity index (χ3v) is 5.12. The lowest BCUT2D eigenvalue weighted by atomic mass is 10.1. The molecule has 3 heterocycles. The SMILES string of the molecule is Nc1nc(C(F)(F)F)cc2c1N=CCN2Cc1cccc(CN2CCCC2)c1. The van der Waals surface area contributed by atoms with Crippen molar-refractivity contribution < 1.29 is 13.2 Å². The van der Waals surface area contributed by atoms with Crippen LogP contribution in [0.15, 0.2) is 35.3 Å². The third kappa shape index (κ3) is 3.96. The summed E-state index contributed by atoms with van der Waals surface area (Å²) in [6, 6.07) is 9.25. The van der Waals surface area contributed by atoms with Gasteiger partial charge in [0, 0.05) is 19.3 Å². The molecule has 1 fully saturated rings. The van der Waals surface area contributed by atoms with Gasteiger partial charge in [0.2, 0.25) is 0 Å². The summed E-state index contributed by atoms with van der Waals surface area (Å²) in [6.45, 7) is 4.04. The van der Waals surface area contributed by atoms with Gasteiger partial charge in [0.05, 0.1) is 12.2 Å². The molecule has 4 rings (SSSR count). The van der Waals surface area contributed by atoms with Crippen molar-refractivity contribution in [1.29, 1.82) is 0 Å². The normalized spacial score (nSPS) is 17.2. The van der Waals surface area contributed by atoms with Gasteiger partial charge < -0.3 is 10.6 Å². The average molecular weight is 389 g/mol. The summed E-state index contributed by atoms with van der Waals surface area (Å²) in [5.41, 5.74) is 7.69. The highest BCUT2D eigenvalue weighted by Crippen LogP contribution is 2.40. The van der Waals surface area contributed by atoms with E-state index in [0.29, 0.717) is 24.5 Å². The summed E-state index contributed by atoms with van der Waals surface area (Å²) in [7, 11) is 0. The van der Waals surface area contributed by atoms with Crippen molar-refractivity contribution in [2.45, 2.75) is 32.1 Å². The van der Waals surface area contributed by atoms with E-state index in [0.717, 1.165) is 31.3 Å². The number of nitrogens with zero attached hydrogens (tertiary/aromatic N) is 4. The zero-order chi connectivity index (χ0) is 19.7. The molecule has 0 unspecified atom stereocenters. The molecule has 1 saturated heterocycles. The fraction of sp³-hybridized carbons (Fsp3) is 0.400. The van der Waals surface area contributed by atoms with Gasteiger partial charge >= 0.3 is 6.18 Å². The minimum atomic E-state index is -4.55. The van der Waals surface area contributed by atoms with Crippen LogP contribution in [0, 0.1) is 0 Å². The van der Waals surface area contributed by atoms with Gasteiger partial charge in [-0.25, -0.2) is 4.98 Å². The third-order valence-electron chi connectivity index (χ3n) is 5.12. The monoisotopic (exact) mass is 389 g/mol. The van der Waals surface area contributed by atoms with Gasteiger partial charge in [-0.2, -0.15) is 13.2 Å². The van der Waals surface area contributed by atoms with Gasteiger partial charge in [0.1, 0.15) is 11.4 Å². The van der Waals surface area contributed by atoms with E-state index < -0.39 is 11.9 Å². The zero-order valence-corrected chi connectivity index (χ0v) is 15.4. The number of aromatic nitrogens is 1. The lowest BCUT2D eigenvalue weighted by Crippen LogP contribution is -2.28. The van der Waals surface area contributed by atoms with Crippen molar-refractivity contribution in [3.63, 3.8) is 0 Å². The number of benzene rings is 1. The summed E-state index contributed by atoms with van der Waals surface area (Å²) in [5.74, 6) is -0.200. The smallest absolute Gasteiger partial charge is 0.382 e. The first-order valence-electron chi connectivity index (χ1n) is 9.35. The Bertz CT molecular complexity index is 888. The van der Waals surface area contributed by atoms with Gasteiger partial charge in [-0.1, -0.05) is 24.3 Å². The summed E-state index contributed by atoms with van der Waals surface area (Å²) >= 11 is 0. The lowest BCUT2D eigenvalue weighted by Gasteiger charge is -2.29. The van der Waals surface area contributed by atoms with Crippen LogP contribution in [0.5, 0.6) is 0 Å². The molecule has 0 spiro atoms. The number of anilines is 2. The first-order valence-corrected chi connectivity index (χ1v) is 9.35. The Morgan fingerprint density at radius 1 is 1.04 bits per heavy atom. The fourth-order valence-corrected chi connectivity index (χ4v) is 3.79. The van der Waals surface area contributed by atoms with Crippen LogP contribution < -0.4 is 10.6 Å². The molecule has 0 bridgehead atoms. The number of hydrogen-bond acceptors (Lipinski definition) is 5. The van der Waals surface area contributed by atoms with Crippen LogP contribution in [-0.4, -0.2) is 35.7 Å². The Morgan fingerprint density at radius 2 is 1.75 bits per heavy atom. The molecule has 0 amide bonds. The highest BCUT2D eigenvalue weighted by Gasteiger charge is 2.35. The van der Waals surface area contributed by atoms with Crippen molar-refractivity contribution in [1.82, 2.24) is 9.88 Å². The van der Waals surface area contributed by atoms with E-state index in [1.807, 2.05) is 17.0 Å². The Labute approximate surface area is 161 Å². The van der Waals surface area contributed by atoms with Crippen LogP contribution in [0.4, 0.5) is 30.4 Å². The van der Waals surface area contributed by atoms with E-state index in [9.17, 15) is 13.2 Å². The largest absolute Gasteiger partial charge is 0.433 e. The predicted molar refractivity (Wildman–Crippen MR) is 104 cm³/mol. The quantitative estimate of drug-likeness (QED) is 0.859. The summed E-state index contributed by atoms with van der Waals surface area (Å²) < 4.78 is 39.5. The minimum absolute atomic E-state index is 0.200. The Hall–Kier alpha value is -2.61. The van der Waals surface area contributed by atoms with Crippen LogP contribution in [-0.2, 0) is 19.3 Å². The second-order valence-corrected chi connectivity index (χ2v) is 7.25. The highest BCUT2D eigenvalue weighted by molar-refractivity contribution is 5.87. The number of alkyl halides is 3. The van der Waals surface area contributed by atoms with Crippen molar-refractivity contribution in [3.05, 3.63) is 47.2 Å². The molecule has 148 valence electrons. The Kier molecular flexibility index (Phi) is 4.97. The molecule has 2 aliphatic rings. The number of aliphatic imine (C=N–C) groups is 1. The molecule has 2 N–H and O–H groups in total. The van der Waals surface area contributed by atoms with Gasteiger partial charge in [0.15, 0.2) is 5.82 Å². The number of halogens is 3. The van der Waals surface area contributed by atoms with Crippen LogP contribution >= 0.6 is 0 Å². The van der Waals surface area contributed by atoms with Crippen LogP contribution in [0.2, 0.25) is 0 Å². The van der Waals surface area contributed by atoms with Crippen molar-refractivity contribution in [2.24, 2.45) is 4.99 Å². The van der Waals surface area contributed by atoms with Gasteiger partial charge in [-0.05, 0) is 43.1 Å². The van der Waals surface area contributed by atoms with E-state index in [4.69, 9.17) is 5.73 Å². The number of rotatable bonds is 4. The fourth-order valence-electron chi connectivity index (χ4n) is 3.79. The molecule has 5 nitrogen and oxygen atoms in total. The summed E-state index contributed by atoms with van der Waals surface area (Å²) in [4.78, 5) is 11.9. The standard InChI is InChI=1S/C20H22F3N5/c21-20(22,23)17-11-16-18(19(24)26-17)25-6-9-28(16)13-15-5-3-4-14(10-15)12-27-7-1-2-8-27/h3-6,10-11H,1-2,7-9,12-13H2,(H2,24,26).